The third-order valence-corrected chi connectivity index (χ3v) is 3.90. The van der Waals surface area contributed by atoms with Crippen molar-refractivity contribution in [3.05, 3.63) is 47.8 Å². The van der Waals surface area contributed by atoms with E-state index >= 15 is 0 Å². The summed E-state index contributed by atoms with van der Waals surface area (Å²) >= 11 is 1.29. The Morgan fingerprint density at radius 2 is 2.19 bits per heavy atom. The van der Waals surface area contributed by atoms with Crippen molar-refractivity contribution in [2.75, 3.05) is 0 Å². The van der Waals surface area contributed by atoms with Crippen molar-refractivity contribution >= 4 is 28.9 Å². The largest absolute Gasteiger partial charge is 0.478 e. The van der Waals surface area contributed by atoms with Crippen LogP contribution in [0.25, 0.3) is 11.2 Å². The zero-order chi connectivity index (χ0) is 14.8. The average molecular weight is 304 g/mol. The van der Waals surface area contributed by atoms with Gasteiger partial charge in [0.05, 0.1) is 11.9 Å². The lowest BCUT2D eigenvalue weighted by atomic mass is 10.1. The maximum Gasteiger partial charge on any atom is 0.338 e. The van der Waals surface area contributed by atoms with E-state index in [1.165, 1.54) is 36.5 Å². The molecule has 3 rings (SSSR count). The number of nitrogens with one attached hydrogen (secondary N) is 1. The average Bonchev–Trinajstić information content (AvgIpc) is 2.95. The molecule has 0 aliphatic heterocycles. The number of fused-ring (bicyclic) bond motifs is 1. The summed E-state index contributed by atoms with van der Waals surface area (Å²) in [6.45, 7) is 0. The van der Waals surface area contributed by atoms with Crippen molar-refractivity contribution in [3.8, 4) is 0 Å². The van der Waals surface area contributed by atoms with E-state index in [1.54, 1.807) is 6.07 Å². The van der Waals surface area contributed by atoms with Gasteiger partial charge in [0, 0.05) is 5.75 Å². The molecule has 1 aromatic carbocycles. The number of aromatic amines is 1. The van der Waals surface area contributed by atoms with Crippen LogP contribution in [0.3, 0.4) is 0 Å². The van der Waals surface area contributed by atoms with Crippen LogP contribution in [0, 0.1) is 5.82 Å². The van der Waals surface area contributed by atoms with Gasteiger partial charge in [-0.25, -0.2) is 24.1 Å². The van der Waals surface area contributed by atoms with E-state index in [0.717, 1.165) is 0 Å². The van der Waals surface area contributed by atoms with Gasteiger partial charge in [-0.3, -0.25) is 0 Å². The summed E-state index contributed by atoms with van der Waals surface area (Å²) < 4.78 is 14.0. The number of hydrogen-bond donors (Lipinski definition) is 2. The van der Waals surface area contributed by atoms with E-state index in [1.807, 2.05) is 0 Å². The lowest BCUT2D eigenvalue weighted by molar-refractivity contribution is 0.0691. The molecule has 106 valence electrons. The number of benzene rings is 1. The Labute approximate surface area is 122 Å². The first-order valence-corrected chi connectivity index (χ1v) is 6.93. The van der Waals surface area contributed by atoms with Crippen LogP contribution >= 0.6 is 11.8 Å². The lowest BCUT2D eigenvalue weighted by Crippen LogP contribution is -2.03. The monoisotopic (exact) mass is 304 g/mol. The molecule has 0 saturated heterocycles. The minimum absolute atomic E-state index is 0.262. The van der Waals surface area contributed by atoms with E-state index in [0.29, 0.717) is 21.8 Å². The minimum Gasteiger partial charge on any atom is -0.478 e. The molecular formula is C13H9FN4O2S. The Kier molecular flexibility index (Phi) is 3.53. The van der Waals surface area contributed by atoms with Crippen LogP contribution in [0.2, 0.25) is 0 Å². The zero-order valence-corrected chi connectivity index (χ0v) is 11.4. The van der Waals surface area contributed by atoms with Crippen molar-refractivity contribution in [1.29, 1.82) is 0 Å². The highest BCUT2D eigenvalue weighted by Gasteiger charge is 2.14. The molecule has 0 atom stereocenters. The SMILES string of the molecule is O=C(O)c1cccc(CSc2ncnc3nc[nH]c23)c1F. The molecule has 0 unspecified atom stereocenters. The van der Waals surface area contributed by atoms with Crippen molar-refractivity contribution in [2.24, 2.45) is 0 Å². The molecule has 8 heteroatoms. The number of H-pyrrole nitrogens is 1. The topological polar surface area (TPSA) is 91.8 Å². The van der Waals surface area contributed by atoms with E-state index in [2.05, 4.69) is 19.9 Å². The molecule has 0 aliphatic carbocycles. The summed E-state index contributed by atoms with van der Waals surface area (Å²) in [5, 5.41) is 9.54. The molecule has 2 heterocycles. The number of aromatic carboxylic acids is 1. The maximum atomic E-state index is 14.0. The number of aromatic nitrogens is 4. The smallest absolute Gasteiger partial charge is 0.338 e. The number of carboxylic acid groups (broad SMARTS) is 1. The molecule has 3 aromatic rings. The number of carbonyl (C=O) groups is 1. The quantitative estimate of drug-likeness (QED) is 0.568. The molecule has 6 nitrogen and oxygen atoms in total. The van der Waals surface area contributed by atoms with Crippen molar-refractivity contribution in [3.63, 3.8) is 0 Å². The summed E-state index contributed by atoms with van der Waals surface area (Å²) in [6, 6.07) is 4.32. The van der Waals surface area contributed by atoms with Gasteiger partial charge in [0.15, 0.2) is 5.65 Å². The fraction of sp³-hybridized carbons (Fsp3) is 0.0769. The lowest BCUT2D eigenvalue weighted by Gasteiger charge is -2.05. The van der Waals surface area contributed by atoms with Gasteiger partial charge in [0.2, 0.25) is 0 Å². The highest BCUT2D eigenvalue weighted by atomic mass is 32.2. The number of carboxylic acids is 1. The van der Waals surface area contributed by atoms with E-state index in [4.69, 9.17) is 5.11 Å². The zero-order valence-electron chi connectivity index (χ0n) is 10.6. The van der Waals surface area contributed by atoms with Crippen LogP contribution < -0.4 is 0 Å². The predicted octanol–water partition coefficient (Wildman–Crippen LogP) is 2.48. The molecule has 0 aliphatic rings. The first kappa shape index (κ1) is 13.5. The molecule has 0 fully saturated rings. The molecule has 21 heavy (non-hydrogen) atoms. The van der Waals surface area contributed by atoms with E-state index < -0.39 is 11.8 Å². The Balaban J connectivity index is 1.87. The standard InChI is InChI=1S/C13H9FN4O2S/c14-9-7(2-1-3-8(9)13(19)20)4-21-12-10-11(16-5-15-10)17-6-18-12/h1-3,5-6H,4H2,(H,19,20)(H,15,16,17,18). The van der Waals surface area contributed by atoms with Gasteiger partial charge in [-0.2, -0.15) is 0 Å². The van der Waals surface area contributed by atoms with Gasteiger partial charge < -0.3 is 10.1 Å². The molecule has 0 bridgehead atoms. The summed E-state index contributed by atoms with van der Waals surface area (Å²) in [6.07, 6.45) is 2.89. The third kappa shape index (κ3) is 2.57. The Hall–Kier alpha value is -2.48. The van der Waals surface area contributed by atoms with Gasteiger partial charge in [0.1, 0.15) is 22.7 Å². The maximum absolute atomic E-state index is 14.0. The van der Waals surface area contributed by atoms with Gasteiger partial charge in [-0.15, -0.1) is 0 Å². The predicted molar refractivity (Wildman–Crippen MR) is 74.6 cm³/mol. The first-order valence-electron chi connectivity index (χ1n) is 5.94. The fourth-order valence-corrected chi connectivity index (χ4v) is 2.79. The van der Waals surface area contributed by atoms with Gasteiger partial charge in [-0.1, -0.05) is 23.9 Å². The van der Waals surface area contributed by atoms with Gasteiger partial charge >= 0.3 is 5.97 Å². The number of hydrogen-bond acceptors (Lipinski definition) is 5. The van der Waals surface area contributed by atoms with Crippen LogP contribution in [0.5, 0.6) is 0 Å². The highest BCUT2D eigenvalue weighted by Crippen LogP contribution is 2.27. The molecule has 0 saturated carbocycles. The third-order valence-electron chi connectivity index (χ3n) is 2.86. The second-order valence-electron chi connectivity index (χ2n) is 4.15. The van der Waals surface area contributed by atoms with Crippen LogP contribution in [-0.4, -0.2) is 31.0 Å². The van der Waals surface area contributed by atoms with E-state index in [-0.39, 0.29) is 11.3 Å². The fourth-order valence-electron chi connectivity index (χ4n) is 1.85. The Morgan fingerprint density at radius 3 is 3.00 bits per heavy atom. The molecule has 2 aromatic heterocycles. The number of thioether (sulfide) groups is 1. The number of rotatable bonds is 4. The van der Waals surface area contributed by atoms with E-state index in [9.17, 15) is 9.18 Å². The molecule has 2 N–H and O–H groups in total. The number of imidazole rings is 1. The second kappa shape index (κ2) is 5.49. The van der Waals surface area contributed by atoms with Gasteiger partial charge in [0.25, 0.3) is 0 Å². The summed E-state index contributed by atoms with van der Waals surface area (Å²) in [4.78, 5) is 26.0. The summed E-state index contributed by atoms with van der Waals surface area (Å²) in [5.41, 5.74) is 1.19. The molecule has 0 spiro atoms. The minimum atomic E-state index is -1.28. The first-order chi connectivity index (χ1) is 10.2. The van der Waals surface area contributed by atoms with Crippen molar-refractivity contribution < 1.29 is 14.3 Å². The van der Waals surface area contributed by atoms with Crippen molar-refractivity contribution in [2.45, 2.75) is 10.8 Å². The molecular weight excluding hydrogens is 295 g/mol. The number of halogens is 1. The second-order valence-corrected chi connectivity index (χ2v) is 5.12. The van der Waals surface area contributed by atoms with Crippen LogP contribution in [0.15, 0.2) is 35.9 Å². The van der Waals surface area contributed by atoms with Crippen molar-refractivity contribution in [1.82, 2.24) is 19.9 Å². The molecule has 0 amide bonds. The van der Waals surface area contributed by atoms with Crippen LogP contribution in [0.4, 0.5) is 4.39 Å². The Bertz CT molecular complexity index is 821. The summed E-state index contributed by atoms with van der Waals surface area (Å²) in [7, 11) is 0. The highest BCUT2D eigenvalue weighted by molar-refractivity contribution is 7.98. The number of nitrogens with zero attached hydrogens (tertiary/aromatic N) is 3. The summed E-state index contributed by atoms with van der Waals surface area (Å²) in [5.74, 6) is -1.73. The normalized spacial score (nSPS) is 10.9. The van der Waals surface area contributed by atoms with Gasteiger partial charge in [-0.05, 0) is 11.6 Å². The van der Waals surface area contributed by atoms with Crippen LogP contribution in [0.1, 0.15) is 15.9 Å². The van der Waals surface area contributed by atoms with Crippen LogP contribution in [-0.2, 0) is 5.75 Å². The Morgan fingerprint density at radius 1 is 1.33 bits per heavy atom. The molecule has 0 radical (unpaired) electrons.